The lowest BCUT2D eigenvalue weighted by Crippen LogP contribution is -2.29. The van der Waals surface area contributed by atoms with Gasteiger partial charge in [-0.05, 0) is 55.0 Å². The lowest BCUT2D eigenvalue weighted by atomic mass is 9.95. The van der Waals surface area contributed by atoms with Crippen LogP contribution in [0.25, 0.3) is 5.76 Å². The summed E-state index contributed by atoms with van der Waals surface area (Å²) in [5.74, 6) is -2.27. The summed E-state index contributed by atoms with van der Waals surface area (Å²) in [6, 6.07) is 15.9. The van der Waals surface area contributed by atoms with Gasteiger partial charge in [-0.3, -0.25) is 14.5 Å². The largest absolute Gasteiger partial charge is 0.507 e. The molecule has 1 aliphatic heterocycles. The zero-order valence-electron chi connectivity index (χ0n) is 17.4. The number of benzene rings is 3. The molecule has 0 aromatic heterocycles. The van der Waals surface area contributed by atoms with Crippen molar-refractivity contribution in [2.45, 2.75) is 13.0 Å². The maximum Gasteiger partial charge on any atom is 0.300 e. The second kappa shape index (κ2) is 9.25. The van der Waals surface area contributed by atoms with Gasteiger partial charge in [0.15, 0.2) is 0 Å². The van der Waals surface area contributed by atoms with E-state index in [1.54, 1.807) is 48.5 Å². The molecule has 0 bridgehead atoms. The van der Waals surface area contributed by atoms with Crippen LogP contribution in [0.5, 0.6) is 5.75 Å². The van der Waals surface area contributed by atoms with Crippen LogP contribution in [0.2, 0.25) is 10.0 Å². The Kier molecular flexibility index (Phi) is 6.40. The minimum absolute atomic E-state index is 0.114. The molecule has 5 nitrogen and oxygen atoms in total. The van der Waals surface area contributed by atoms with Crippen LogP contribution in [0.15, 0.2) is 72.3 Å². The molecule has 0 radical (unpaired) electrons. The number of hydrogen-bond donors (Lipinski definition) is 1. The van der Waals surface area contributed by atoms with Gasteiger partial charge in [-0.2, -0.15) is 0 Å². The molecule has 0 spiro atoms. The molecule has 3 aromatic carbocycles. The molecule has 1 N–H and O–H groups in total. The molecule has 1 aliphatic rings. The predicted molar refractivity (Wildman–Crippen MR) is 125 cm³/mol. The molecule has 0 aliphatic carbocycles. The molecule has 8 heteroatoms. The summed E-state index contributed by atoms with van der Waals surface area (Å²) >= 11 is 12.0. The second-order valence-electron chi connectivity index (χ2n) is 7.28. The SMILES string of the molecule is CCOc1cccc(/C(O)=C2\C(=O)C(=O)N(c3ccc(F)c(Cl)c3)C2c2ccc(Cl)cc2)c1. The van der Waals surface area contributed by atoms with Crippen molar-refractivity contribution >= 4 is 46.3 Å². The number of halogens is 3. The molecule has 1 fully saturated rings. The average molecular weight is 486 g/mol. The van der Waals surface area contributed by atoms with Crippen molar-refractivity contribution in [3.63, 3.8) is 0 Å². The van der Waals surface area contributed by atoms with Gasteiger partial charge < -0.3 is 9.84 Å². The van der Waals surface area contributed by atoms with Gasteiger partial charge in [0.25, 0.3) is 11.7 Å². The van der Waals surface area contributed by atoms with Gasteiger partial charge in [0, 0.05) is 16.3 Å². The van der Waals surface area contributed by atoms with Crippen LogP contribution in [0.3, 0.4) is 0 Å². The third kappa shape index (κ3) is 4.32. The van der Waals surface area contributed by atoms with Gasteiger partial charge in [0.2, 0.25) is 0 Å². The summed E-state index contributed by atoms with van der Waals surface area (Å²) in [7, 11) is 0. The minimum Gasteiger partial charge on any atom is -0.507 e. The zero-order chi connectivity index (χ0) is 23.7. The quantitative estimate of drug-likeness (QED) is 0.267. The van der Waals surface area contributed by atoms with E-state index in [-0.39, 0.29) is 22.0 Å². The van der Waals surface area contributed by atoms with Crippen LogP contribution >= 0.6 is 23.2 Å². The smallest absolute Gasteiger partial charge is 0.300 e. The van der Waals surface area contributed by atoms with E-state index in [1.165, 1.54) is 17.0 Å². The monoisotopic (exact) mass is 485 g/mol. The Morgan fingerprint density at radius 1 is 1.06 bits per heavy atom. The Bertz CT molecular complexity index is 1270. The molecule has 33 heavy (non-hydrogen) atoms. The van der Waals surface area contributed by atoms with Crippen molar-refractivity contribution in [2.75, 3.05) is 11.5 Å². The van der Waals surface area contributed by atoms with Crippen LogP contribution in [-0.2, 0) is 9.59 Å². The Balaban J connectivity index is 1.93. The first kappa shape index (κ1) is 22.8. The number of nitrogens with zero attached hydrogens (tertiary/aromatic N) is 1. The Morgan fingerprint density at radius 2 is 1.79 bits per heavy atom. The molecule has 168 valence electrons. The zero-order valence-corrected chi connectivity index (χ0v) is 18.9. The third-order valence-electron chi connectivity index (χ3n) is 5.23. The molecule has 1 heterocycles. The van der Waals surface area contributed by atoms with Crippen LogP contribution < -0.4 is 9.64 Å². The topological polar surface area (TPSA) is 66.8 Å². The molecule has 4 rings (SSSR count). The van der Waals surface area contributed by atoms with Crippen molar-refractivity contribution in [3.05, 3.63) is 99.3 Å². The number of hydrogen-bond acceptors (Lipinski definition) is 4. The van der Waals surface area contributed by atoms with E-state index in [0.29, 0.717) is 28.5 Å². The lowest BCUT2D eigenvalue weighted by molar-refractivity contribution is -0.132. The fraction of sp³-hybridized carbons (Fsp3) is 0.120. The number of rotatable bonds is 5. The summed E-state index contributed by atoms with van der Waals surface area (Å²) in [6.45, 7) is 2.25. The van der Waals surface area contributed by atoms with Crippen molar-refractivity contribution < 1.29 is 23.8 Å². The van der Waals surface area contributed by atoms with Crippen molar-refractivity contribution in [3.8, 4) is 5.75 Å². The van der Waals surface area contributed by atoms with E-state index >= 15 is 0 Å². The van der Waals surface area contributed by atoms with Gasteiger partial charge in [0.05, 0.1) is 23.2 Å². The molecule has 0 saturated carbocycles. The normalized spacial score (nSPS) is 17.5. The van der Waals surface area contributed by atoms with E-state index in [2.05, 4.69) is 0 Å². The standard InChI is InChI=1S/C25H18Cl2FNO4/c1-2-33-18-5-3-4-15(12-18)23(30)21-22(14-6-8-16(26)9-7-14)29(25(32)24(21)31)17-10-11-20(28)19(27)13-17/h3-13,22,30H,2H2,1H3/b23-21+. The van der Waals surface area contributed by atoms with Crippen molar-refractivity contribution in [1.82, 2.24) is 0 Å². The van der Waals surface area contributed by atoms with Gasteiger partial charge in [-0.1, -0.05) is 47.5 Å². The fourth-order valence-corrected chi connectivity index (χ4v) is 4.05. The first-order valence-corrected chi connectivity index (χ1v) is 10.8. The van der Waals surface area contributed by atoms with Crippen LogP contribution in [0.1, 0.15) is 24.1 Å². The van der Waals surface area contributed by atoms with Crippen molar-refractivity contribution in [1.29, 1.82) is 0 Å². The summed E-state index contributed by atoms with van der Waals surface area (Å²) in [5, 5.41) is 11.4. The fourth-order valence-electron chi connectivity index (χ4n) is 3.75. The number of ketones is 1. The molecular weight excluding hydrogens is 468 g/mol. The average Bonchev–Trinajstić information content (AvgIpc) is 3.07. The first-order chi connectivity index (χ1) is 15.8. The Morgan fingerprint density at radius 3 is 2.45 bits per heavy atom. The highest BCUT2D eigenvalue weighted by Gasteiger charge is 2.47. The van der Waals surface area contributed by atoms with Gasteiger partial charge in [-0.15, -0.1) is 0 Å². The molecule has 1 saturated heterocycles. The maximum atomic E-state index is 13.8. The number of amides is 1. The van der Waals surface area contributed by atoms with Gasteiger partial charge >= 0.3 is 0 Å². The van der Waals surface area contributed by atoms with E-state index in [9.17, 15) is 19.1 Å². The highest BCUT2D eigenvalue weighted by atomic mass is 35.5. The number of carbonyl (C=O) groups excluding carboxylic acids is 2. The summed E-state index contributed by atoms with van der Waals surface area (Å²) < 4.78 is 19.3. The number of Topliss-reactive ketones (excluding diaryl/α,β-unsaturated/α-hetero) is 1. The number of ether oxygens (including phenoxy) is 1. The summed E-state index contributed by atoms with van der Waals surface area (Å²) in [6.07, 6.45) is 0. The lowest BCUT2D eigenvalue weighted by Gasteiger charge is -2.25. The van der Waals surface area contributed by atoms with Gasteiger partial charge in [0.1, 0.15) is 17.3 Å². The molecule has 1 amide bonds. The van der Waals surface area contributed by atoms with E-state index in [0.717, 1.165) is 6.07 Å². The third-order valence-corrected chi connectivity index (χ3v) is 5.77. The molecule has 1 unspecified atom stereocenters. The highest BCUT2D eigenvalue weighted by Crippen LogP contribution is 2.43. The first-order valence-electron chi connectivity index (χ1n) is 10.1. The van der Waals surface area contributed by atoms with Gasteiger partial charge in [-0.25, -0.2) is 4.39 Å². The summed E-state index contributed by atoms with van der Waals surface area (Å²) in [4.78, 5) is 27.4. The predicted octanol–water partition coefficient (Wildman–Crippen LogP) is 6.16. The minimum atomic E-state index is -0.987. The number of carbonyl (C=O) groups is 2. The van der Waals surface area contributed by atoms with E-state index < -0.39 is 23.5 Å². The Hall–Kier alpha value is -3.35. The molecule has 3 aromatic rings. The molecular formula is C25H18Cl2FNO4. The number of aliphatic hydroxyl groups is 1. The molecule has 1 atom stereocenters. The number of aliphatic hydroxyl groups excluding tert-OH is 1. The van der Waals surface area contributed by atoms with Crippen LogP contribution in [-0.4, -0.2) is 23.4 Å². The second-order valence-corrected chi connectivity index (χ2v) is 8.12. The number of anilines is 1. The Labute approximate surface area is 199 Å². The summed E-state index contributed by atoms with van der Waals surface area (Å²) in [5.41, 5.74) is 0.943. The van der Waals surface area contributed by atoms with Crippen molar-refractivity contribution in [2.24, 2.45) is 0 Å². The van der Waals surface area contributed by atoms with Crippen LogP contribution in [0.4, 0.5) is 10.1 Å². The van der Waals surface area contributed by atoms with E-state index in [4.69, 9.17) is 27.9 Å². The van der Waals surface area contributed by atoms with Crippen LogP contribution in [0, 0.1) is 5.82 Å². The van der Waals surface area contributed by atoms with E-state index in [1.807, 2.05) is 6.92 Å². The highest BCUT2D eigenvalue weighted by molar-refractivity contribution is 6.51. The maximum absolute atomic E-state index is 13.8.